The Morgan fingerprint density at radius 3 is 2.39 bits per heavy atom. The summed E-state index contributed by atoms with van der Waals surface area (Å²) in [5.41, 5.74) is 0.488. The molecule has 0 saturated carbocycles. The summed E-state index contributed by atoms with van der Waals surface area (Å²) < 4.78 is 22.4. The number of hydrogen-bond donors (Lipinski definition) is 0. The van der Waals surface area contributed by atoms with Crippen LogP contribution in [0, 0.1) is 0 Å². The molecule has 2 heterocycles. The maximum atomic E-state index is 11.7. The van der Waals surface area contributed by atoms with Crippen LogP contribution in [0.5, 0.6) is 5.88 Å². The topological polar surface area (TPSA) is 66.9 Å². The zero-order valence-electron chi connectivity index (χ0n) is 14.6. The van der Waals surface area contributed by atoms with Gasteiger partial charge in [-0.3, -0.25) is 4.79 Å². The Morgan fingerprint density at radius 2 is 1.87 bits per heavy atom. The zero-order chi connectivity index (χ0) is 17.3. The third-order valence-corrected chi connectivity index (χ3v) is 4.29. The van der Waals surface area contributed by atoms with E-state index in [0.717, 1.165) is 5.56 Å². The summed E-state index contributed by atoms with van der Waals surface area (Å²) in [6.45, 7) is 10.1. The molecule has 0 spiro atoms. The number of ether oxygens (including phenoxy) is 2. The van der Waals surface area contributed by atoms with Crippen LogP contribution in [0.4, 0.5) is 0 Å². The van der Waals surface area contributed by atoms with Gasteiger partial charge in [0.1, 0.15) is 0 Å². The fourth-order valence-corrected chi connectivity index (χ4v) is 2.30. The van der Waals surface area contributed by atoms with Crippen molar-refractivity contribution in [2.45, 2.75) is 52.2 Å². The average molecular weight is 321 g/mol. The number of methoxy groups -OCH3 is 1. The summed E-state index contributed by atoms with van der Waals surface area (Å²) in [5, 5.41) is 0. The first-order chi connectivity index (χ1) is 10.7. The summed E-state index contributed by atoms with van der Waals surface area (Å²) in [5.74, 6) is 0.135. The van der Waals surface area contributed by atoms with E-state index in [1.807, 2.05) is 33.8 Å². The zero-order valence-corrected chi connectivity index (χ0v) is 14.6. The molecule has 0 bridgehead atoms. The van der Waals surface area contributed by atoms with Crippen molar-refractivity contribution < 1.29 is 23.6 Å². The van der Waals surface area contributed by atoms with E-state index in [1.54, 1.807) is 20.2 Å². The van der Waals surface area contributed by atoms with Gasteiger partial charge in [-0.25, -0.2) is 4.98 Å². The van der Waals surface area contributed by atoms with Gasteiger partial charge in [0.15, 0.2) is 0 Å². The van der Waals surface area contributed by atoms with Crippen LogP contribution in [0.2, 0.25) is 0 Å². The smallest absolute Gasteiger partial charge is 0.481 e. The minimum atomic E-state index is -0.593. The number of carbonyl (C=O) groups excluding carboxylic acids is 1. The van der Waals surface area contributed by atoms with E-state index in [1.165, 1.54) is 0 Å². The monoisotopic (exact) mass is 321 g/mol. The fourth-order valence-electron chi connectivity index (χ4n) is 2.30. The van der Waals surface area contributed by atoms with Crippen molar-refractivity contribution in [3.63, 3.8) is 0 Å². The second-order valence-corrected chi connectivity index (χ2v) is 6.51. The van der Waals surface area contributed by atoms with Crippen LogP contribution in [0.3, 0.4) is 0 Å². The normalized spacial score (nSPS) is 18.8. The van der Waals surface area contributed by atoms with Crippen molar-refractivity contribution in [1.82, 2.24) is 4.98 Å². The molecular formula is C16H24BNO5. The highest BCUT2D eigenvalue weighted by Crippen LogP contribution is 2.37. The number of aromatic nitrogens is 1. The van der Waals surface area contributed by atoms with Crippen LogP contribution in [-0.2, 0) is 25.3 Å². The standard InChI is InChI=1S/C16H24BNO5/c1-7-21-13(19)9-11-8-12(14(20-6)18-10-11)17-22-15(2,3)16(4,5)23-17/h8,10H,7,9H2,1-6H3. The molecule has 0 aromatic carbocycles. The van der Waals surface area contributed by atoms with Gasteiger partial charge >= 0.3 is 13.1 Å². The highest BCUT2D eigenvalue weighted by atomic mass is 16.7. The summed E-state index contributed by atoms with van der Waals surface area (Å²) in [7, 11) is 0.951. The van der Waals surface area contributed by atoms with E-state index in [4.69, 9.17) is 18.8 Å². The molecule has 7 heteroatoms. The van der Waals surface area contributed by atoms with Crippen molar-refractivity contribution >= 4 is 18.6 Å². The highest BCUT2D eigenvalue weighted by molar-refractivity contribution is 6.63. The maximum absolute atomic E-state index is 11.7. The van der Waals surface area contributed by atoms with Crippen molar-refractivity contribution in [3.05, 3.63) is 17.8 Å². The lowest BCUT2D eigenvalue weighted by Crippen LogP contribution is -2.41. The van der Waals surface area contributed by atoms with Crippen LogP contribution in [0.15, 0.2) is 12.3 Å². The molecule has 0 atom stereocenters. The lowest BCUT2D eigenvalue weighted by atomic mass is 9.79. The number of carbonyl (C=O) groups is 1. The lowest BCUT2D eigenvalue weighted by Gasteiger charge is -2.32. The molecule has 1 aromatic rings. The molecule has 0 unspecified atom stereocenters. The molecule has 0 radical (unpaired) electrons. The van der Waals surface area contributed by atoms with Gasteiger partial charge in [0.05, 0.1) is 31.3 Å². The molecule has 0 amide bonds. The SMILES string of the molecule is CCOC(=O)Cc1cnc(OC)c(B2OC(C)(C)C(C)(C)O2)c1. The van der Waals surface area contributed by atoms with E-state index < -0.39 is 18.3 Å². The fraction of sp³-hybridized carbons (Fsp3) is 0.625. The van der Waals surface area contributed by atoms with Crippen molar-refractivity contribution in [1.29, 1.82) is 0 Å². The molecular weight excluding hydrogens is 297 g/mol. The molecule has 1 fully saturated rings. The first-order valence-electron chi connectivity index (χ1n) is 7.74. The first-order valence-corrected chi connectivity index (χ1v) is 7.74. The Balaban J connectivity index is 2.28. The first kappa shape index (κ1) is 17.8. The van der Waals surface area contributed by atoms with Crippen LogP contribution in [-0.4, -0.2) is 43.0 Å². The van der Waals surface area contributed by atoms with Gasteiger partial charge in [-0.05, 0) is 40.2 Å². The Kier molecular flexibility index (Phi) is 5.01. The van der Waals surface area contributed by atoms with Gasteiger partial charge in [-0.15, -0.1) is 0 Å². The molecule has 126 valence electrons. The van der Waals surface area contributed by atoms with Gasteiger partial charge in [-0.1, -0.05) is 6.07 Å². The van der Waals surface area contributed by atoms with E-state index in [-0.39, 0.29) is 12.4 Å². The van der Waals surface area contributed by atoms with Gasteiger partial charge in [0.25, 0.3) is 0 Å². The second-order valence-electron chi connectivity index (χ2n) is 6.51. The Hall–Kier alpha value is -1.60. The maximum Gasteiger partial charge on any atom is 0.500 e. The molecule has 1 aliphatic rings. The summed E-state index contributed by atoms with van der Waals surface area (Å²) >= 11 is 0. The second kappa shape index (κ2) is 6.49. The largest absolute Gasteiger partial charge is 0.500 e. The van der Waals surface area contributed by atoms with Crippen LogP contribution >= 0.6 is 0 Å². The number of hydrogen-bond acceptors (Lipinski definition) is 6. The number of rotatable bonds is 5. The van der Waals surface area contributed by atoms with E-state index in [2.05, 4.69) is 4.98 Å². The summed E-state index contributed by atoms with van der Waals surface area (Å²) in [6.07, 6.45) is 1.75. The van der Waals surface area contributed by atoms with Crippen molar-refractivity contribution in [2.24, 2.45) is 0 Å². The van der Waals surface area contributed by atoms with E-state index >= 15 is 0 Å². The Morgan fingerprint density at radius 1 is 1.26 bits per heavy atom. The lowest BCUT2D eigenvalue weighted by molar-refractivity contribution is -0.142. The predicted molar refractivity (Wildman–Crippen MR) is 86.8 cm³/mol. The average Bonchev–Trinajstić information content (AvgIpc) is 2.67. The van der Waals surface area contributed by atoms with Crippen LogP contribution in [0.1, 0.15) is 40.2 Å². The molecule has 0 N–H and O–H groups in total. The molecule has 1 aliphatic heterocycles. The molecule has 0 aliphatic carbocycles. The molecule has 2 rings (SSSR count). The number of nitrogens with zero attached hydrogens (tertiary/aromatic N) is 1. The van der Waals surface area contributed by atoms with Crippen molar-refractivity contribution in [3.8, 4) is 5.88 Å². The van der Waals surface area contributed by atoms with E-state index in [0.29, 0.717) is 17.9 Å². The van der Waals surface area contributed by atoms with E-state index in [9.17, 15) is 4.79 Å². The van der Waals surface area contributed by atoms with Crippen LogP contribution < -0.4 is 10.2 Å². The van der Waals surface area contributed by atoms with Gasteiger partial charge in [-0.2, -0.15) is 0 Å². The third-order valence-electron chi connectivity index (χ3n) is 4.29. The quantitative estimate of drug-likeness (QED) is 0.605. The summed E-state index contributed by atoms with van der Waals surface area (Å²) in [4.78, 5) is 15.9. The van der Waals surface area contributed by atoms with Crippen molar-refractivity contribution in [2.75, 3.05) is 13.7 Å². The number of esters is 1. The molecule has 6 nitrogen and oxygen atoms in total. The minimum Gasteiger partial charge on any atom is -0.481 e. The highest BCUT2D eigenvalue weighted by Gasteiger charge is 2.52. The Bertz CT molecular complexity index is 572. The molecule has 1 aromatic heterocycles. The van der Waals surface area contributed by atoms with Gasteiger partial charge < -0.3 is 18.8 Å². The van der Waals surface area contributed by atoms with Gasteiger partial charge in [0.2, 0.25) is 5.88 Å². The third kappa shape index (κ3) is 3.67. The van der Waals surface area contributed by atoms with Crippen LogP contribution in [0.25, 0.3) is 0 Å². The molecule has 23 heavy (non-hydrogen) atoms. The Labute approximate surface area is 137 Å². The summed E-state index contributed by atoms with van der Waals surface area (Å²) in [6, 6.07) is 1.82. The molecule has 1 saturated heterocycles. The number of pyridine rings is 1. The van der Waals surface area contributed by atoms with Gasteiger partial charge in [0, 0.05) is 11.7 Å². The minimum absolute atomic E-state index is 0.150. The predicted octanol–water partition coefficient (Wildman–Crippen LogP) is 1.49.